The number of carboxylic acid groups (broad SMARTS) is 1. The van der Waals surface area contributed by atoms with E-state index in [2.05, 4.69) is 4.74 Å². The van der Waals surface area contributed by atoms with Gasteiger partial charge in [-0.25, -0.2) is 0 Å². The predicted molar refractivity (Wildman–Crippen MR) is 90.2 cm³/mol. The molecule has 27 heavy (non-hydrogen) atoms. The molecule has 2 aliphatic rings. The van der Waals surface area contributed by atoms with Gasteiger partial charge in [0.1, 0.15) is 5.75 Å². The molecule has 1 heterocycles. The third kappa shape index (κ3) is 4.93. The van der Waals surface area contributed by atoms with E-state index in [0.29, 0.717) is 24.9 Å². The van der Waals surface area contributed by atoms with Gasteiger partial charge < -0.3 is 14.7 Å². The summed E-state index contributed by atoms with van der Waals surface area (Å²) in [4.78, 5) is 25.5. The Morgan fingerprint density at radius 2 is 1.96 bits per heavy atom. The summed E-state index contributed by atoms with van der Waals surface area (Å²) in [5.41, 5.74) is 0.396. The Hall–Kier alpha value is -2.25. The minimum Gasteiger partial charge on any atom is -0.481 e. The third-order valence-electron chi connectivity index (χ3n) is 5.25. The molecule has 3 unspecified atom stereocenters. The van der Waals surface area contributed by atoms with Crippen LogP contribution in [0.2, 0.25) is 0 Å². The Labute approximate surface area is 155 Å². The lowest BCUT2D eigenvalue weighted by Gasteiger charge is -2.36. The Bertz CT molecular complexity index is 706. The molecule has 148 valence electrons. The molecule has 8 heteroatoms. The Morgan fingerprint density at radius 3 is 2.67 bits per heavy atom. The number of nitrogens with zero attached hydrogens (tertiary/aromatic N) is 1. The van der Waals surface area contributed by atoms with E-state index in [1.165, 1.54) is 12.1 Å². The summed E-state index contributed by atoms with van der Waals surface area (Å²) in [6.45, 7) is 0.576. The fourth-order valence-corrected chi connectivity index (χ4v) is 3.91. The van der Waals surface area contributed by atoms with Gasteiger partial charge >= 0.3 is 12.3 Å². The Kier molecular flexibility index (Phi) is 5.62. The molecule has 0 radical (unpaired) electrons. The highest BCUT2D eigenvalue weighted by Gasteiger charge is 2.48. The molecular formula is C19H22F3NO4. The van der Waals surface area contributed by atoms with Crippen molar-refractivity contribution in [3.63, 3.8) is 0 Å². The number of piperidine rings is 1. The SMILES string of the molecule is O=C(O)CCC1CCCCN1C(=O)C1CC1c1ccccc1OC(F)(F)F. The number of aliphatic carboxylic acids is 1. The zero-order valence-corrected chi connectivity index (χ0v) is 14.7. The first-order valence-corrected chi connectivity index (χ1v) is 9.13. The van der Waals surface area contributed by atoms with Crippen LogP contribution < -0.4 is 4.74 Å². The first-order chi connectivity index (χ1) is 12.8. The van der Waals surface area contributed by atoms with Crippen molar-refractivity contribution >= 4 is 11.9 Å². The van der Waals surface area contributed by atoms with Crippen LogP contribution in [0.5, 0.6) is 5.75 Å². The van der Waals surface area contributed by atoms with E-state index in [1.807, 2.05) is 0 Å². The van der Waals surface area contributed by atoms with Crippen molar-refractivity contribution in [2.45, 2.75) is 56.8 Å². The molecule has 1 aromatic rings. The first-order valence-electron chi connectivity index (χ1n) is 9.13. The van der Waals surface area contributed by atoms with E-state index in [4.69, 9.17) is 5.11 Å². The number of likely N-dealkylation sites (tertiary alicyclic amines) is 1. The molecule has 1 amide bonds. The van der Waals surface area contributed by atoms with Crippen molar-refractivity contribution in [1.29, 1.82) is 0 Å². The monoisotopic (exact) mass is 385 g/mol. The van der Waals surface area contributed by atoms with Gasteiger partial charge in [-0.2, -0.15) is 0 Å². The van der Waals surface area contributed by atoms with Crippen LogP contribution >= 0.6 is 0 Å². The lowest BCUT2D eigenvalue weighted by Crippen LogP contribution is -2.44. The zero-order valence-electron chi connectivity index (χ0n) is 14.7. The molecule has 2 fully saturated rings. The maximum atomic E-state index is 12.9. The second kappa shape index (κ2) is 7.78. The van der Waals surface area contributed by atoms with Crippen molar-refractivity contribution < 1.29 is 32.6 Å². The van der Waals surface area contributed by atoms with E-state index in [0.717, 1.165) is 19.3 Å². The number of hydrogen-bond donors (Lipinski definition) is 1. The molecule has 5 nitrogen and oxygen atoms in total. The van der Waals surface area contributed by atoms with E-state index < -0.39 is 12.3 Å². The largest absolute Gasteiger partial charge is 0.573 e. The van der Waals surface area contributed by atoms with Crippen LogP contribution in [0.1, 0.15) is 50.0 Å². The average Bonchev–Trinajstić information content (AvgIpc) is 3.39. The standard InChI is InChI=1S/C19H22F3NO4/c20-19(21,22)27-16-7-2-1-6-13(16)14-11-15(14)18(26)23-10-4-3-5-12(23)8-9-17(24)25/h1-2,6-7,12,14-15H,3-5,8-11H2,(H,24,25). The molecule has 1 N–H and O–H groups in total. The summed E-state index contributed by atoms with van der Waals surface area (Å²) in [6.07, 6.45) is -1.30. The number of halogens is 3. The maximum absolute atomic E-state index is 12.9. The fraction of sp³-hybridized carbons (Fsp3) is 0.579. The number of hydrogen-bond acceptors (Lipinski definition) is 3. The highest BCUT2D eigenvalue weighted by atomic mass is 19.4. The Balaban J connectivity index is 1.69. The molecule has 3 atom stereocenters. The minimum atomic E-state index is -4.78. The highest BCUT2D eigenvalue weighted by Crippen LogP contribution is 2.52. The quantitative estimate of drug-likeness (QED) is 0.806. The molecule has 1 aliphatic carbocycles. The average molecular weight is 385 g/mol. The van der Waals surface area contributed by atoms with Gasteiger partial charge in [-0.15, -0.1) is 13.2 Å². The van der Waals surface area contributed by atoms with Gasteiger partial charge in [0, 0.05) is 24.9 Å². The Morgan fingerprint density at radius 1 is 1.22 bits per heavy atom. The van der Waals surface area contributed by atoms with E-state index in [1.54, 1.807) is 17.0 Å². The van der Waals surface area contributed by atoms with Crippen molar-refractivity contribution in [3.05, 3.63) is 29.8 Å². The van der Waals surface area contributed by atoms with Crippen LogP contribution in [0, 0.1) is 5.92 Å². The van der Waals surface area contributed by atoms with Gasteiger partial charge in [0.05, 0.1) is 0 Å². The first kappa shape index (κ1) is 19.5. The number of alkyl halides is 3. The van der Waals surface area contributed by atoms with Gasteiger partial charge in [0.2, 0.25) is 5.91 Å². The maximum Gasteiger partial charge on any atom is 0.573 e. The summed E-state index contributed by atoms with van der Waals surface area (Å²) in [7, 11) is 0. The van der Waals surface area contributed by atoms with Gasteiger partial charge in [0.15, 0.2) is 0 Å². The lowest BCUT2D eigenvalue weighted by molar-refractivity contribution is -0.274. The van der Waals surface area contributed by atoms with E-state index in [-0.39, 0.29) is 36.0 Å². The number of rotatable bonds is 6. The van der Waals surface area contributed by atoms with Crippen molar-refractivity contribution in [3.8, 4) is 5.75 Å². The number of ether oxygens (including phenoxy) is 1. The zero-order chi connectivity index (χ0) is 19.6. The number of carbonyl (C=O) groups is 2. The fourth-order valence-electron chi connectivity index (χ4n) is 3.91. The topological polar surface area (TPSA) is 66.8 Å². The molecule has 1 aromatic carbocycles. The van der Waals surface area contributed by atoms with Crippen LogP contribution in [0.25, 0.3) is 0 Å². The summed E-state index contributed by atoms with van der Waals surface area (Å²) in [5, 5.41) is 8.90. The minimum absolute atomic E-state index is 0.00476. The van der Waals surface area contributed by atoms with E-state index in [9.17, 15) is 22.8 Å². The second-order valence-electron chi connectivity index (χ2n) is 7.15. The van der Waals surface area contributed by atoms with Crippen LogP contribution in [0.15, 0.2) is 24.3 Å². The lowest BCUT2D eigenvalue weighted by atomic mass is 9.97. The highest BCUT2D eigenvalue weighted by molar-refractivity contribution is 5.83. The molecule has 0 bridgehead atoms. The smallest absolute Gasteiger partial charge is 0.481 e. The normalized spacial score (nSPS) is 25.1. The summed E-state index contributed by atoms with van der Waals surface area (Å²) >= 11 is 0. The summed E-state index contributed by atoms with van der Waals surface area (Å²) < 4.78 is 41.9. The van der Waals surface area contributed by atoms with Gasteiger partial charge in [-0.1, -0.05) is 18.2 Å². The molecule has 0 aromatic heterocycles. The number of carboxylic acids is 1. The van der Waals surface area contributed by atoms with Crippen LogP contribution in [0.3, 0.4) is 0 Å². The van der Waals surface area contributed by atoms with Gasteiger partial charge in [-0.3, -0.25) is 9.59 Å². The van der Waals surface area contributed by atoms with Crippen LogP contribution in [-0.4, -0.2) is 40.8 Å². The van der Waals surface area contributed by atoms with Crippen molar-refractivity contribution in [1.82, 2.24) is 4.90 Å². The number of carbonyl (C=O) groups excluding carboxylic acids is 1. The van der Waals surface area contributed by atoms with Crippen molar-refractivity contribution in [2.24, 2.45) is 5.92 Å². The molecule has 0 spiro atoms. The van der Waals surface area contributed by atoms with Gasteiger partial charge in [-0.05, 0) is 49.7 Å². The second-order valence-corrected chi connectivity index (χ2v) is 7.15. The van der Waals surface area contributed by atoms with Crippen LogP contribution in [-0.2, 0) is 9.59 Å². The predicted octanol–water partition coefficient (Wildman–Crippen LogP) is 3.93. The third-order valence-corrected chi connectivity index (χ3v) is 5.25. The number of amides is 1. The van der Waals surface area contributed by atoms with Crippen LogP contribution in [0.4, 0.5) is 13.2 Å². The molecule has 1 saturated carbocycles. The number of benzene rings is 1. The molecule has 1 saturated heterocycles. The molecule has 1 aliphatic heterocycles. The molecule has 3 rings (SSSR count). The molecular weight excluding hydrogens is 363 g/mol. The summed E-state index contributed by atoms with van der Waals surface area (Å²) in [6, 6.07) is 5.83. The number of para-hydroxylation sites is 1. The van der Waals surface area contributed by atoms with Crippen molar-refractivity contribution in [2.75, 3.05) is 6.54 Å². The summed E-state index contributed by atoms with van der Waals surface area (Å²) in [5.74, 6) is -1.90. The van der Waals surface area contributed by atoms with E-state index >= 15 is 0 Å². The van der Waals surface area contributed by atoms with Gasteiger partial charge in [0.25, 0.3) is 0 Å².